The number of nitrogens with one attached hydrogen (secondary N) is 1. The van der Waals surface area contributed by atoms with Gasteiger partial charge in [0.05, 0.1) is 18.4 Å². The maximum absolute atomic E-state index is 13.1. The molecule has 7 nitrogen and oxygen atoms in total. The summed E-state index contributed by atoms with van der Waals surface area (Å²) in [6, 6.07) is 19.1. The molecule has 1 aromatic heterocycles. The molecule has 0 saturated heterocycles. The molecule has 0 aliphatic heterocycles. The van der Waals surface area contributed by atoms with Gasteiger partial charge in [-0.2, -0.15) is 0 Å². The van der Waals surface area contributed by atoms with Crippen LogP contribution in [0, 0.1) is 0 Å². The zero-order valence-corrected chi connectivity index (χ0v) is 19.9. The van der Waals surface area contributed by atoms with E-state index in [-0.39, 0.29) is 23.8 Å². The molecule has 9 heteroatoms. The Bertz CT molecular complexity index is 1150. The topological polar surface area (TPSA) is 92.8 Å². The molecule has 1 N–H and O–H groups in total. The zero-order valence-electron chi connectivity index (χ0n) is 18.3. The highest BCUT2D eigenvalue weighted by Crippen LogP contribution is 2.15. The standard InChI is InChI=1S/C24H26N2O5S2/c1-31-23(27)14-16-26(18-19-6-3-2-4-7-19)24(28)20-9-11-22(12-10-20)33(29,30)25-15-13-21-8-5-17-32-21/h2-12,17,25H,13-16,18H2,1H3. The molecule has 0 aliphatic carbocycles. The summed E-state index contributed by atoms with van der Waals surface area (Å²) in [5.41, 5.74) is 1.26. The van der Waals surface area contributed by atoms with Crippen molar-refractivity contribution in [1.82, 2.24) is 9.62 Å². The molecular formula is C24H26N2O5S2. The molecule has 0 fully saturated rings. The Morgan fingerprint density at radius 3 is 2.36 bits per heavy atom. The van der Waals surface area contributed by atoms with Gasteiger partial charge in [-0.15, -0.1) is 11.3 Å². The van der Waals surface area contributed by atoms with Crippen molar-refractivity contribution in [3.63, 3.8) is 0 Å². The molecule has 1 heterocycles. The van der Waals surface area contributed by atoms with Crippen LogP contribution in [-0.2, 0) is 32.5 Å². The fourth-order valence-electron chi connectivity index (χ4n) is 3.19. The second-order valence-corrected chi connectivity index (χ2v) is 10.1. The molecule has 2 aromatic carbocycles. The smallest absolute Gasteiger partial charge is 0.307 e. The summed E-state index contributed by atoms with van der Waals surface area (Å²) in [7, 11) is -2.38. The predicted octanol–water partition coefficient (Wildman–Crippen LogP) is 3.47. The lowest BCUT2D eigenvalue weighted by molar-refractivity contribution is -0.140. The van der Waals surface area contributed by atoms with E-state index in [2.05, 4.69) is 4.72 Å². The summed E-state index contributed by atoms with van der Waals surface area (Å²) in [4.78, 5) is 27.5. The Labute approximate surface area is 198 Å². The molecule has 0 unspecified atom stereocenters. The van der Waals surface area contributed by atoms with E-state index < -0.39 is 16.0 Å². The van der Waals surface area contributed by atoms with Crippen LogP contribution >= 0.6 is 11.3 Å². The molecule has 174 valence electrons. The predicted molar refractivity (Wildman–Crippen MR) is 127 cm³/mol. The van der Waals surface area contributed by atoms with Crippen LogP contribution < -0.4 is 4.72 Å². The molecular weight excluding hydrogens is 460 g/mol. The van der Waals surface area contributed by atoms with Gasteiger partial charge in [0.2, 0.25) is 10.0 Å². The van der Waals surface area contributed by atoms with E-state index in [0.717, 1.165) is 10.4 Å². The highest BCUT2D eigenvalue weighted by atomic mass is 32.2. The third-order valence-electron chi connectivity index (χ3n) is 4.97. The molecule has 3 rings (SSSR count). The van der Waals surface area contributed by atoms with Crippen molar-refractivity contribution >= 4 is 33.2 Å². The number of ether oxygens (including phenoxy) is 1. The lowest BCUT2D eigenvalue weighted by Crippen LogP contribution is -2.33. The van der Waals surface area contributed by atoms with Gasteiger partial charge in [-0.05, 0) is 47.7 Å². The van der Waals surface area contributed by atoms with Gasteiger partial charge in [0.1, 0.15) is 0 Å². The molecule has 0 aliphatic rings. The zero-order chi connectivity index (χ0) is 23.7. The first-order valence-corrected chi connectivity index (χ1v) is 12.8. The largest absolute Gasteiger partial charge is 0.469 e. The molecule has 0 spiro atoms. The van der Waals surface area contributed by atoms with Gasteiger partial charge in [0.25, 0.3) is 5.91 Å². The van der Waals surface area contributed by atoms with Crippen LogP contribution in [0.15, 0.2) is 77.0 Å². The molecule has 0 atom stereocenters. The van der Waals surface area contributed by atoms with Gasteiger partial charge in [-0.1, -0.05) is 36.4 Å². The lowest BCUT2D eigenvalue weighted by atomic mass is 10.1. The Morgan fingerprint density at radius 2 is 1.73 bits per heavy atom. The van der Waals surface area contributed by atoms with Crippen LogP contribution in [-0.4, -0.2) is 45.4 Å². The number of amides is 1. The first-order valence-electron chi connectivity index (χ1n) is 10.4. The number of hydrogen-bond acceptors (Lipinski definition) is 6. The normalized spacial score (nSPS) is 11.2. The van der Waals surface area contributed by atoms with E-state index in [1.165, 1.54) is 31.4 Å². The number of benzene rings is 2. The number of sulfonamides is 1. The van der Waals surface area contributed by atoms with E-state index in [4.69, 9.17) is 4.74 Å². The van der Waals surface area contributed by atoms with Gasteiger partial charge < -0.3 is 9.64 Å². The third kappa shape index (κ3) is 7.24. The van der Waals surface area contributed by atoms with Crippen molar-refractivity contribution in [2.24, 2.45) is 0 Å². The average Bonchev–Trinajstić information content (AvgIpc) is 3.35. The molecule has 0 bridgehead atoms. The van der Waals surface area contributed by atoms with Crippen molar-refractivity contribution in [3.05, 3.63) is 88.1 Å². The Kier molecular flexibility index (Phi) is 8.76. The van der Waals surface area contributed by atoms with Gasteiger partial charge in [-0.25, -0.2) is 13.1 Å². The van der Waals surface area contributed by atoms with E-state index in [1.807, 2.05) is 47.8 Å². The van der Waals surface area contributed by atoms with Crippen LogP contribution in [0.25, 0.3) is 0 Å². The Hall–Kier alpha value is -3.01. The molecule has 0 saturated carbocycles. The number of methoxy groups -OCH3 is 1. The fraction of sp³-hybridized carbons (Fsp3) is 0.250. The maximum atomic E-state index is 13.1. The summed E-state index contributed by atoms with van der Waals surface area (Å²) in [6.45, 7) is 0.799. The average molecular weight is 487 g/mol. The first kappa shape index (κ1) is 24.6. The maximum Gasteiger partial charge on any atom is 0.307 e. The number of esters is 1. The Balaban J connectivity index is 1.68. The van der Waals surface area contributed by atoms with Gasteiger partial charge >= 0.3 is 5.97 Å². The second-order valence-electron chi connectivity index (χ2n) is 7.29. The number of nitrogens with zero attached hydrogens (tertiary/aromatic N) is 1. The summed E-state index contributed by atoms with van der Waals surface area (Å²) >= 11 is 1.58. The van der Waals surface area contributed by atoms with E-state index in [1.54, 1.807) is 16.2 Å². The summed E-state index contributed by atoms with van der Waals surface area (Å²) < 4.78 is 32.4. The van der Waals surface area contributed by atoms with Gasteiger partial charge in [0.15, 0.2) is 0 Å². The van der Waals surface area contributed by atoms with Crippen molar-refractivity contribution < 1.29 is 22.7 Å². The van der Waals surface area contributed by atoms with Crippen molar-refractivity contribution in [3.8, 4) is 0 Å². The van der Waals surface area contributed by atoms with E-state index in [9.17, 15) is 18.0 Å². The van der Waals surface area contributed by atoms with Crippen LogP contribution in [0.5, 0.6) is 0 Å². The lowest BCUT2D eigenvalue weighted by Gasteiger charge is -2.22. The number of carbonyl (C=O) groups is 2. The van der Waals surface area contributed by atoms with Crippen molar-refractivity contribution in [2.45, 2.75) is 24.3 Å². The summed E-state index contributed by atoms with van der Waals surface area (Å²) in [5.74, 6) is -0.701. The number of carbonyl (C=O) groups excluding carboxylic acids is 2. The van der Waals surface area contributed by atoms with Gasteiger partial charge in [-0.3, -0.25) is 9.59 Å². The van der Waals surface area contributed by atoms with E-state index >= 15 is 0 Å². The summed E-state index contributed by atoms with van der Waals surface area (Å²) in [5, 5.41) is 1.95. The molecule has 3 aromatic rings. The quantitative estimate of drug-likeness (QED) is 0.419. The van der Waals surface area contributed by atoms with Crippen LogP contribution in [0.2, 0.25) is 0 Å². The number of thiophene rings is 1. The minimum atomic E-state index is -3.68. The van der Waals surface area contributed by atoms with Crippen LogP contribution in [0.4, 0.5) is 0 Å². The fourth-order valence-corrected chi connectivity index (χ4v) is 4.93. The van der Waals surface area contributed by atoms with Crippen molar-refractivity contribution in [2.75, 3.05) is 20.2 Å². The Morgan fingerprint density at radius 1 is 1.00 bits per heavy atom. The monoisotopic (exact) mass is 486 g/mol. The number of hydrogen-bond donors (Lipinski definition) is 1. The first-order chi connectivity index (χ1) is 15.9. The summed E-state index contributed by atoms with van der Waals surface area (Å²) in [6.07, 6.45) is 0.678. The minimum Gasteiger partial charge on any atom is -0.469 e. The van der Waals surface area contributed by atoms with Crippen LogP contribution in [0.1, 0.15) is 27.2 Å². The second kappa shape index (κ2) is 11.7. The van der Waals surface area contributed by atoms with Crippen LogP contribution in [0.3, 0.4) is 0 Å². The SMILES string of the molecule is COC(=O)CCN(Cc1ccccc1)C(=O)c1ccc(S(=O)(=O)NCCc2cccs2)cc1. The van der Waals surface area contributed by atoms with Gasteiger partial charge in [0, 0.05) is 30.1 Å². The molecule has 33 heavy (non-hydrogen) atoms. The highest BCUT2D eigenvalue weighted by molar-refractivity contribution is 7.89. The molecule has 1 amide bonds. The molecule has 0 radical (unpaired) electrons. The minimum absolute atomic E-state index is 0.0652. The highest BCUT2D eigenvalue weighted by Gasteiger charge is 2.19. The number of rotatable bonds is 11. The van der Waals surface area contributed by atoms with E-state index in [0.29, 0.717) is 25.1 Å². The third-order valence-corrected chi connectivity index (χ3v) is 7.39. The van der Waals surface area contributed by atoms with Crippen molar-refractivity contribution in [1.29, 1.82) is 0 Å².